The summed E-state index contributed by atoms with van der Waals surface area (Å²) in [5, 5.41) is 1.38. The molecule has 0 spiro atoms. The first-order valence-electron chi connectivity index (χ1n) is 12.1. The molecule has 5 rings (SSSR count). The van der Waals surface area contributed by atoms with Crippen LogP contribution in [-0.4, -0.2) is 82.3 Å². The molecule has 0 saturated carbocycles. The van der Waals surface area contributed by atoms with Crippen LogP contribution in [0.5, 0.6) is 0 Å². The maximum Gasteiger partial charge on any atom is 0.290 e. The van der Waals surface area contributed by atoms with Crippen LogP contribution < -0.4 is 5.56 Å². The number of carbonyl (C=O) groups is 2. The van der Waals surface area contributed by atoms with E-state index in [2.05, 4.69) is 14.9 Å². The zero-order valence-corrected chi connectivity index (χ0v) is 20.4. The lowest BCUT2D eigenvalue weighted by Gasteiger charge is -2.35. The number of nitrogens with zero attached hydrogens (tertiary/aromatic N) is 4. The topological polar surface area (TPSA) is 103 Å². The second-order valence-electron chi connectivity index (χ2n) is 8.94. The first-order chi connectivity index (χ1) is 17.1. The van der Waals surface area contributed by atoms with Crippen LogP contribution in [0.2, 0.25) is 0 Å². The molecule has 4 heterocycles. The van der Waals surface area contributed by atoms with Gasteiger partial charge in [0.15, 0.2) is 10.9 Å². The van der Waals surface area contributed by atoms with Crippen molar-refractivity contribution in [2.75, 3.05) is 45.8 Å². The smallest absolute Gasteiger partial charge is 0.290 e. The molecule has 35 heavy (non-hydrogen) atoms. The lowest BCUT2D eigenvalue weighted by molar-refractivity contribution is -0.133. The molecule has 0 bridgehead atoms. The molecule has 2 amide bonds. The zero-order chi connectivity index (χ0) is 24.2. The Hall–Kier alpha value is -3.11. The Morgan fingerprint density at radius 3 is 2.51 bits per heavy atom. The molecule has 0 unspecified atom stereocenters. The largest absolute Gasteiger partial charge is 0.451 e. The van der Waals surface area contributed by atoms with Crippen molar-refractivity contribution in [2.45, 2.75) is 30.2 Å². The summed E-state index contributed by atoms with van der Waals surface area (Å²) in [6, 6.07) is 8.96. The molecule has 2 saturated heterocycles. The highest BCUT2D eigenvalue weighted by Crippen LogP contribution is 2.31. The minimum atomic E-state index is -0.215. The molecule has 10 heteroatoms. The third-order valence-electron chi connectivity index (χ3n) is 6.62. The molecule has 184 valence electrons. The number of H-pyrrole nitrogens is 1. The summed E-state index contributed by atoms with van der Waals surface area (Å²) in [5.74, 6) is 0.812. The number of hydrogen-bond donors (Lipinski definition) is 1. The van der Waals surface area contributed by atoms with Gasteiger partial charge in [-0.3, -0.25) is 19.3 Å². The quantitative estimate of drug-likeness (QED) is 0.414. The van der Waals surface area contributed by atoms with Crippen molar-refractivity contribution in [3.8, 4) is 0 Å². The number of nitrogens with one attached hydrogen (secondary N) is 1. The van der Waals surface area contributed by atoms with Crippen LogP contribution in [0.3, 0.4) is 0 Å². The van der Waals surface area contributed by atoms with Gasteiger partial charge < -0.3 is 19.2 Å². The first-order valence-corrected chi connectivity index (χ1v) is 13.0. The Bertz CT molecular complexity index is 1260. The van der Waals surface area contributed by atoms with E-state index in [9.17, 15) is 14.4 Å². The van der Waals surface area contributed by atoms with E-state index in [1.807, 2.05) is 29.2 Å². The summed E-state index contributed by atoms with van der Waals surface area (Å²) in [6.45, 7) is 4.53. The van der Waals surface area contributed by atoms with E-state index in [0.717, 1.165) is 36.9 Å². The van der Waals surface area contributed by atoms with Gasteiger partial charge >= 0.3 is 0 Å². The number of para-hydroxylation sites is 1. The monoisotopic (exact) mass is 495 g/mol. The molecule has 9 nitrogen and oxygen atoms in total. The summed E-state index contributed by atoms with van der Waals surface area (Å²) < 4.78 is 6.03. The van der Waals surface area contributed by atoms with Crippen LogP contribution in [-0.2, 0) is 10.5 Å². The van der Waals surface area contributed by atoms with Crippen molar-refractivity contribution in [1.82, 2.24) is 24.7 Å². The number of carbonyl (C=O) groups excluding carboxylic acids is 2. The van der Waals surface area contributed by atoms with Gasteiger partial charge in [0.05, 0.1) is 6.54 Å². The number of piperidine rings is 1. The Morgan fingerprint density at radius 1 is 0.971 bits per heavy atom. The minimum absolute atomic E-state index is 0.145. The lowest BCUT2D eigenvalue weighted by Crippen LogP contribution is -2.52. The van der Waals surface area contributed by atoms with E-state index in [-0.39, 0.29) is 17.4 Å². The predicted molar refractivity (Wildman–Crippen MR) is 133 cm³/mol. The predicted octanol–water partition coefficient (Wildman–Crippen LogP) is 2.58. The minimum Gasteiger partial charge on any atom is -0.451 e. The van der Waals surface area contributed by atoms with Crippen molar-refractivity contribution < 1.29 is 14.0 Å². The number of aromatic amines is 1. The van der Waals surface area contributed by atoms with Gasteiger partial charge in [0.25, 0.3) is 11.5 Å². The van der Waals surface area contributed by atoms with E-state index in [0.29, 0.717) is 55.0 Å². The summed E-state index contributed by atoms with van der Waals surface area (Å²) >= 11 is 1.36. The van der Waals surface area contributed by atoms with Crippen LogP contribution in [0, 0.1) is 0 Å². The van der Waals surface area contributed by atoms with Gasteiger partial charge in [-0.25, -0.2) is 4.98 Å². The van der Waals surface area contributed by atoms with Crippen LogP contribution in [0.25, 0.3) is 11.0 Å². The molecule has 2 fully saturated rings. The number of benzene rings is 1. The Morgan fingerprint density at radius 2 is 1.74 bits per heavy atom. The van der Waals surface area contributed by atoms with Gasteiger partial charge in [0.2, 0.25) is 5.91 Å². The van der Waals surface area contributed by atoms with E-state index in [1.165, 1.54) is 30.4 Å². The fourth-order valence-electron chi connectivity index (χ4n) is 4.67. The Kier molecular flexibility index (Phi) is 7.19. The van der Waals surface area contributed by atoms with Gasteiger partial charge in [0, 0.05) is 68.2 Å². The number of piperazine rings is 1. The maximum atomic E-state index is 13.5. The van der Waals surface area contributed by atoms with E-state index in [4.69, 9.17) is 4.42 Å². The average Bonchev–Trinajstić information content (AvgIpc) is 3.26. The highest BCUT2D eigenvalue weighted by Gasteiger charge is 2.29. The molecule has 1 N–H and O–H groups in total. The van der Waals surface area contributed by atoms with E-state index in [1.54, 1.807) is 4.90 Å². The summed E-state index contributed by atoms with van der Waals surface area (Å²) in [4.78, 5) is 50.5. The SMILES string of the molecule is O=C(CN1CCN(C(=O)c2oc3ccccc3c2CSc2nccc(=O)[nH]2)CC1)N1CCCCC1. The number of thioether (sulfide) groups is 1. The van der Waals surface area contributed by atoms with Crippen molar-refractivity contribution in [3.05, 3.63) is 58.2 Å². The molecular weight excluding hydrogens is 466 g/mol. The second-order valence-corrected chi connectivity index (χ2v) is 9.91. The number of furan rings is 1. The first kappa shape index (κ1) is 23.6. The van der Waals surface area contributed by atoms with Crippen LogP contribution in [0.15, 0.2) is 50.9 Å². The van der Waals surface area contributed by atoms with Crippen molar-refractivity contribution in [3.63, 3.8) is 0 Å². The number of likely N-dealkylation sites (tertiary alicyclic amines) is 1. The summed E-state index contributed by atoms with van der Waals surface area (Å²) in [6.07, 6.45) is 4.84. The van der Waals surface area contributed by atoms with Gasteiger partial charge in [0.1, 0.15) is 5.58 Å². The van der Waals surface area contributed by atoms with Crippen LogP contribution in [0.1, 0.15) is 35.4 Å². The molecule has 0 radical (unpaired) electrons. The summed E-state index contributed by atoms with van der Waals surface area (Å²) in [5.41, 5.74) is 1.24. The Labute approximate surface area is 207 Å². The fraction of sp³-hybridized carbons (Fsp3) is 0.440. The van der Waals surface area contributed by atoms with E-state index < -0.39 is 0 Å². The number of amides is 2. The number of aromatic nitrogens is 2. The number of hydrogen-bond acceptors (Lipinski definition) is 7. The molecule has 2 aliphatic rings. The van der Waals surface area contributed by atoms with Gasteiger partial charge in [-0.1, -0.05) is 30.0 Å². The normalized spacial score (nSPS) is 17.1. The van der Waals surface area contributed by atoms with Crippen LogP contribution >= 0.6 is 11.8 Å². The fourth-order valence-corrected chi connectivity index (χ4v) is 5.54. The van der Waals surface area contributed by atoms with Crippen molar-refractivity contribution in [2.24, 2.45) is 0 Å². The average molecular weight is 496 g/mol. The molecule has 2 aliphatic heterocycles. The second kappa shape index (κ2) is 10.7. The molecule has 2 aromatic heterocycles. The van der Waals surface area contributed by atoms with Crippen molar-refractivity contribution in [1.29, 1.82) is 0 Å². The number of fused-ring (bicyclic) bond motifs is 1. The third-order valence-corrected chi connectivity index (χ3v) is 7.53. The standard InChI is InChI=1S/C25H29N5O4S/c31-21-8-9-26-25(27-21)35-17-19-18-6-2-3-7-20(18)34-23(19)24(33)30-14-12-28(13-15-30)16-22(32)29-10-4-1-5-11-29/h2-3,6-9H,1,4-5,10-17H2,(H,26,27,31). The zero-order valence-electron chi connectivity index (χ0n) is 19.6. The molecular formula is C25H29N5O4S. The highest BCUT2D eigenvalue weighted by atomic mass is 32.2. The molecule has 0 atom stereocenters. The van der Waals surface area contributed by atoms with Gasteiger partial charge in [-0.2, -0.15) is 0 Å². The van der Waals surface area contributed by atoms with Gasteiger partial charge in [-0.05, 0) is 25.3 Å². The van der Waals surface area contributed by atoms with Crippen molar-refractivity contribution >= 4 is 34.5 Å². The summed E-state index contributed by atoms with van der Waals surface area (Å²) in [7, 11) is 0. The lowest BCUT2D eigenvalue weighted by atomic mass is 10.1. The van der Waals surface area contributed by atoms with E-state index >= 15 is 0 Å². The highest BCUT2D eigenvalue weighted by molar-refractivity contribution is 7.98. The number of rotatable bonds is 6. The van der Waals surface area contributed by atoms with Gasteiger partial charge in [-0.15, -0.1) is 0 Å². The molecule has 1 aromatic carbocycles. The maximum absolute atomic E-state index is 13.5. The molecule has 3 aromatic rings. The third kappa shape index (κ3) is 5.43. The Balaban J connectivity index is 1.26. The molecule has 0 aliphatic carbocycles. The van der Waals surface area contributed by atoms with Crippen LogP contribution in [0.4, 0.5) is 0 Å².